The molecule has 0 unspecified atom stereocenters. The van der Waals surface area contributed by atoms with Crippen molar-refractivity contribution in [1.82, 2.24) is 15.0 Å². The molecule has 0 aliphatic heterocycles. The van der Waals surface area contributed by atoms with Crippen molar-refractivity contribution >= 4 is 32.7 Å². The van der Waals surface area contributed by atoms with Crippen LogP contribution in [-0.4, -0.2) is 15.0 Å². The highest BCUT2D eigenvalue weighted by Crippen LogP contribution is 2.60. The van der Waals surface area contributed by atoms with Gasteiger partial charge in [0, 0.05) is 32.8 Å². The van der Waals surface area contributed by atoms with E-state index >= 15 is 0 Å². The van der Waals surface area contributed by atoms with E-state index in [0.29, 0.717) is 28.5 Å². The van der Waals surface area contributed by atoms with Crippen LogP contribution in [0.5, 0.6) is 0 Å². The molecule has 8 aromatic rings. The molecule has 0 atom stereocenters. The first-order valence-electron chi connectivity index (χ1n) is 18.9. The van der Waals surface area contributed by atoms with Crippen molar-refractivity contribution < 1.29 is 4.42 Å². The molecule has 6 aromatic carbocycles. The van der Waals surface area contributed by atoms with Crippen LogP contribution in [0.3, 0.4) is 0 Å². The van der Waals surface area contributed by atoms with E-state index in [1.54, 1.807) is 0 Å². The van der Waals surface area contributed by atoms with Gasteiger partial charge in [-0.05, 0) is 114 Å². The Morgan fingerprint density at radius 1 is 0.528 bits per heavy atom. The van der Waals surface area contributed by atoms with Crippen LogP contribution in [0, 0.1) is 29.1 Å². The normalized spacial score (nSPS) is 21.8. The molecule has 4 bridgehead atoms. The maximum absolute atomic E-state index is 10.2. The molecule has 0 radical (unpaired) electrons. The van der Waals surface area contributed by atoms with Gasteiger partial charge in [-0.1, -0.05) is 97.1 Å². The van der Waals surface area contributed by atoms with E-state index in [2.05, 4.69) is 60.7 Å². The zero-order valence-corrected chi connectivity index (χ0v) is 29.3. The number of nitrogens with zero attached hydrogens (tertiary/aromatic N) is 4. The summed E-state index contributed by atoms with van der Waals surface area (Å²) in [5, 5.41) is 14.0. The number of furan rings is 1. The Balaban J connectivity index is 1.06. The van der Waals surface area contributed by atoms with Crippen LogP contribution in [0.2, 0.25) is 0 Å². The molecule has 0 saturated heterocycles. The van der Waals surface area contributed by atoms with Crippen LogP contribution in [0.1, 0.15) is 49.7 Å². The van der Waals surface area contributed by atoms with Crippen LogP contribution in [-0.2, 0) is 5.41 Å². The summed E-state index contributed by atoms with van der Waals surface area (Å²) in [7, 11) is 0. The molecule has 4 aliphatic carbocycles. The molecule has 0 amide bonds. The number of benzene rings is 6. The summed E-state index contributed by atoms with van der Waals surface area (Å²) < 4.78 is 6.25. The second-order valence-corrected chi connectivity index (χ2v) is 15.8. The lowest BCUT2D eigenvalue weighted by Crippen LogP contribution is -2.48. The number of fused-ring (bicyclic) bond motifs is 4. The lowest BCUT2D eigenvalue weighted by atomic mass is 9.48. The largest absolute Gasteiger partial charge is 0.456 e. The number of aromatic nitrogens is 3. The van der Waals surface area contributed by atoms with E-state index in [9.17, 15) is 5.26 Å². The molecule has 4 saturated carbocycles. The molecule has 254 valence electrons. The van der Waals surface area contributed by atoms with Crippen molar-refractivity contribution in [3.05, 3.63) is 139 Å². The number of hydrogen-bond acceptors (Lipinski definition) is 5. The number of para-hydroxylation sites is 1. The molecule has 53 heavy (non-hydrogen) atoms. The van der Waals surface area contributed by atoms with E-state index in [1.807, 2.05) is 72.8 Å². The molecule has 2 heterocycles. The molecule has 4 aliphatic rings. The minimum atomic E-state index is 0.367. The molecular formula is C48H36N4O. The fourth-order valence-electron chi connectivity index (χ4n) is 10.6. The van der Waals surface area contributed by atoms with E-state index in [0.717, 1.165) is 72.7 Å². The molecule has 5 heteroatoms. The van der Waals surface area contributed by atoms with Crippen LogP contribution < -0.4 is 0 Å². The molecule has 12 rings (SSSR count). The Kier molecular flexibility index (Phi) is 6.73. The number of hydrogen-bond donors (Lipinski definition) is 0. The zero-order chi connectivity index (χ0) is 35.1. The van der Waals surface area contributed by atoms with Crippen molar-refractivity contribution in [3.63, 3.8) is 0 Å². The minimum absolute atomic E-state index is 0.367. The quantitative estimate of drug-likeness (QED) is 0.180. The van der Waals surface area contributed by atoms with Crippen LogP contribution in [0.4, 0.5) is 0 Å². The smallest absolute Gasteiger partial charge is 0.164 e. The number of rotatable bonds is 5. The summed E-state index contributed by atoms with van der Waals surface area (Å²) in [5.41, 5.74) is 9.05. The minimum Gasteiger partial charge on any atom is -0.456 e. The highest BCUT2D eigenvalue weighted by Gasteiger charge is 2.51. The van der Waals surface area contributed by atoms with Crippen LogP contribution >= 0.6 is 0 Å². The predicted octanol–water partition coefficient (Wildman–Crippen LogP) is 11.9. The van der Waals surface area contributed by atoms with Crippen molar-refractivity contribution in [1.29, 1.82) is 5.26 Å². The van der Waals surface area contributed by atoms with E-state index < -0.39 is 0 Å². The second-order valence-electron chi connectivity index (χ2n) is 15.8. The van der Waals surface area contributed by atoms with Crippen molar-refractivity contribution in [3.8, 4) is 51.4 Å². The van der Waals surface area contributed by atoms with Gasteiger partial charge in [0.2, 0.25) is 0 Å². The third-order valence-corrected chi connectivity index (χ3v) is 12.6. The summed E-state index contributed by atoms with van der Waals surface area (Å²) in [6, 6.07) is 46.3. The van der Waals surface area contributed by atoms with Gasteiger partial charge < -0.3 is 4.42 Å². The van der Waals surface area contributed by atoms with E-state index in [1.165, 1.54) is 49.7 Å². The second kappa shape index (κ2) is 11.7. The summed E-state index contributed by atoms with van der Waals surface area (Å²) in [6.45, 7) is 0. The standard InChI is InChI=1S/C48H36N4O/c49-28-35-16-20-38(41-24-34(15-19-37(35)41)32-13-17-36(18-14-32)48-25-29-21-30(26-48)23-31(22-29)27-48)46-50-45(33-7-2-1-3-8-33)51-47(52-46)40-10-6-12-43-44(40)39-9-4-5-11-42(39)53-43/h1-20,24,29-31H,21-23,25-27H2/t29-,30-,31-,48?. The average molecular weight is 685 g/mol. The predicted molar refractivity (Wildman–Crippen MR) is 211 cm³/mol. The topological polar surface area (TPSA) is 75.6 Å². The molecule has 0 spiro atoms. The molecular weight excluding hydrogens is 649 g/mol. The van der Waals surface area contributed by atoms with Gasteiger partial charge in [-0.2, -0.15) is 5.26 Å². The molecule has 0 N–H and O–H groups in total. The zero-order valence-electron chi connectivity index (χ0n) is 29.3. The Labute approximate surface area is 308 Å². The fraction of sp³-hybridized carbons (Fsp3) is 0.208. The fourth-order valence-corrected chi connectivity index (χ4v) is 10.6. The monoisotopic (exact) mass is 684 g/mol. The first-order valence-corrected chi connectivity index (χ1v) is 18.9. The van der Waals surface area contributed by atoms with Crippen molar-refractivity contribution in [2.75, 3.05) is 0 Å². The molecule has 2 aromatic heterocycles. The first-order chi connectivity index (χ1) is 26.1. The van der Waals surface area contributed by atoms with Gasteiger partial charge >= 0.3 is 0 Å². The van der Waals surface area contributed by atoms with Crippen molar-refractivity contribution in [2.45, 2.75) is 43.9 Å². The summed E-state index contributed by atoms with van der Waals surface area (Å²) in [4.78, 5) is 15.4. The lowest BCUT2D eigenvalue weighted by Gasteiger charge is -2.57. The third-order valence-electron chi connectivity index (χ3n) is 12.6. The summed E-state index contributed by atoms with van der Waals surface area (Å²) >= 11 is 0. The Hall–Kier alpha value is -6.12. The Bertz CT molecular complexity index is 2740. The lowest BCUT2D eigenvalue weighted by molar-refractivity contribution is -0.00518. The van der Waals surface area contributed by atoms with Gasteiger partial charge in [-0.3, -0.25) is 0 Å². The van der Waals surface area contributed by atoms with Crippen LogP contribution in [0.25, 0.3) is 78.0 Å². The van der Waals surface area contributed by atoms with Crippen molar-refractivity contribution in [2.24, 2.45) is 17.8 Å². The Morgan fingerprint density at radius 2 is 1.19 bits per heavy atom. The third kappa shape index (κ3) is 4.93. The number of nitriles is 1. The SMILES string of the molecule is N#Cc1ccc(-c2nc(-c3ccccc3)nc(-c3cccc4oc5ccccc5c34)n2)c2cc(-c3ccc(C45C[C@H]6C[C@H](C4)C[C@@H](C5)C6)cc3)ccc12. The van der Waals surface area contributed by atoms with Gasteiger partial charge in [0.05, 0.1) is 11.6 Å². The average Bonchev–Trinajstić information content (AvgIpc) is 3.59. The van der Waals surface area contributed by atoms with Gasteiger partial charge in [0.15, 0.2) is 17.5 Å². The van der Waals surface area contributed by atoms with Gasteiger partial charge in [0.25, 0.3) is 0 Å². The van der Waals surface area contributed by atoms with Crippen LogP contribution in [0.15, 0.2) is 132 Å². The highest BCUT2D eigenvalue weighted by molar-refractivity contribution is 6.12. The Morgan fingerprint density at radius 3 is 1.94 bits per heavy atom. The van der Waals surface area contributed by atoms with Gasteiger partial charge in [-0.15, -0.1) is 0 Å². The summed E-state index contributed by atoms with van der Waals surface area (Å²) in [5.74, 6) is 4.46. The molecule has 4 fully saturated rings. The van der Waals surface area contributed by atoms with E-state index in [4.69, 9.17) is 19.4 Å². The van der Waals surface area contributed by atoms with Gasteiger partial charge in [0.1, 0.15) is 11.2 Å². The maximum Gasteiger partial charge on any atom is 0.164 e. The van der Waals surface area contributed by atoms with Gasteiger partial charge in [-0.25, -0.2) is 15.0 Å². The highest BCUT2D eigenvalue weighted by atomic mass is 16.3. The molecule has 5 nitrogen and oxygen atoms in total. The maximum atomic E-state index is 10.2. The first kappa shape index (κ1) is 30.5. The summed E-state index contributed by atoms with van der Waals surface area (Å²) in [6.07, 6.45) is 8.43. The van der Waals surface area contributed by atoms with E-state index in [-0.39, 0.29) is 0 Å².